The maximum absolute atomic E-state index is 13.0. The number of ketones is 2. The first-order valence-corrected chi connectivity index (χ1v) is 21.9. The molecule has 0 radical (unpaired) electrons. The molecule has 0 bridgehead atoms. The van der Waals surface area contributed by atoms with Gasteiger partial charge in [0.1, 0.15) is 18.1 Å². The van der Waals surface area contributed by atoms with E-state index in [0.717, 1.165) is 57.0 Å². The number of carbonyl (C=O) groups is 3. The largest absolute Gasteiger partial charge is 0.547 e. The fourth-order valence-corrected chi connectivity index (χ4v) is 7.04. The molecule has 2 heterocycles. The number of carbonyl (C=O) groups excluding carboxylic acids is 5. The molecule has 1 aromatic carbocycles. The smallest absolute Gasteiger partial charge is 0.530 e. The summed E-state index contributed by atoms with van der Waals surface area (Å²) in [7, 11) is -5.75. The van der Waals surface area contributed by atoms with E-state index in [1.807, 2.05) is 13.8 Å². The molecular formula is C39H57NO18P2U2-2. The SMILES string of the molecule is C=C1C=CC(=O)C=C1.CC[C@H]1O[CH-]C(C)C1OP(=O)(OC)Oc1ccc(COC(=O)NCCCCCCCC(C)=O)cc1.COP(=O)(O)OC1C(O)[CH-]O[C@@H]1CO.O=C=O.[U].[U]. The molecule has 4 rings (SSSR count). The summed E-state index contributed by atoms with van der Waals surface area (Å²) in [5, 5.41) is 20.8. The normalized spacial score (nSPS) is 22.8. The van der Waals surface area contributed by atoms with Crippen LogP contribution in [0.2, 0.25) is 0 Å². The number of hydrogen-bond donors (Lipinski definition) is 4. The van der Waals surface area contributed by atoms with Gasteiger partial charge in [0, 0.05) is 95.5 Å². The summed E-state index contributed by atoms with van der Waals surface area (Å²) >= 11 is 0. The minimum Gasteiger partial charge on any atom is -0.547 e. The van der Waals surface area contributed by atoms with E-state index in [1.165, 1.54) is 19.3 Å². The average molecular weight is 1370 g/mol. The number of unbranched alkanes of at least 4 members (excludes halogenated alkanes) is 4. The average Bonchev–Trinajstić information content (AvgIpc) is 3.76. The van der Waals surface area contributed by atoms with Crippen LogP contribution in [0, 0.1) is 81.4 Å². The van der Waals surface area contributed by atoms with Gasteiger partial charge in [-0.2, -0.15) is 16.2 Å². The van der Waals surface area contributed by atoms with Crippen molar-refractivity contribution in [3.8, 4) is 5.75 Å². The quantitative estimate of drug-likeness (QED) is 0.0698. The number of benzene rings is 1. The molecule has 2 aliphatic heterocycles. The van der Waals surface area contributed by atoms with Crippen LogP contribution in [0.3, 0.4) is 0 Å². The van der Waals surface area contributed by atoms with Crippen molar-refractivity contribution in [3.63, 3.8) is 0 Å². The Morgan fingerprint density at radius 1 is 0.903 bits per heavy atom. The van der Waals surface area contributed by atoms with Crippen LogP contribution in [0.5, 0.6) is 5.75 Å². The summed E-state index contributed by atoms with van der Waals surface area (Å²) in [5.74, 6) is 0.539. The predicted octanol–water partition coefficient (Wildman–Crippen LogP) is 5.65. The van der Waals surface area contributed by atoms with Crippen LogP contribution in [0.1, 0.15) is 71.3 Å². The van der Waals surface area contributed by atoms with Gasteiger partial charge < -0.3 is 44.0 Å². The number of phosphoric acid groups is 2. The number of amides is 1. The summed E-state index contributed by atoms with van der Waals surface area (Å²) in [5.41, 5.74) is 1.63. The van der Waals surface area contributed by atoms with E-state index in [4.69, 9.17) is 47.4 Å². The van der Waals surface area contributed by atoms with Gasteiger partial charge >= 0.3 is 27.9 Å². The summed E-state index contributed by atoms with van der Waals surface area (Å²) in [4.78, 5) is 58.4. The first-order valence-electron chi connectivity index (χ1n) is 18.9. The second kappa shape index (κ2) is 34.7. The maximum atomic E-state index is 13.0. The molecule has 62 heavy (non-hydrogen) atoms. The molecule has 6 unspecified atom stereocenters. The summed E-state index contributed by atoms with van der Waals surface area (Å²) in [6.45, 7) is 12.0. The zero-order valence-corrected chi connectivity index (χ0v) is 45.5. The molecule has 1 aliphatic carbocycles. The molecular weight excluding hydrogens is 1310 g/mol. The Balaban J connectivity index is 0. The second-order valence-corrected chi connectivity index (χ2v) is 16.3. The Hall–Kier alpha value is -1.57. The van der Waals surface area contributed by atoms with Crippen molar-refractivity contribution in [2.75, 3.05) is 27.4 Å². The monoisotopic (exact) mass is 1370 g/mol. The van der Waals surface area contributed by atoms with Crippen LogP contribution < -0.4 is 9.84 Å². The number of alkyl carbamates (subject to hydrolysis) is 1. The molecule has 1 aromatic rings. The van der Waals surface area contributed by atoms with Crippen LogP contribution in [0.25, 0.3) is 0 Å². The molecule has 2 fully saturated rings. The molecule has 8 atom stereocenters. The Labute approximate surface area is 410 Å². The van der Waals surface area contributed by atoms with E-state index in [-0.39, 0.29) is 98.6 Å². The molecule has 346 valence electrons. The fraction of sp³-hybridized carbons (Fsp3) is 0.538. The van der Waals surface area contributed by atoms with Gasteiger partial charge in [0.15, 0.2) is 5.78 Å². The molecule has 19 nitrogen and oxygen atoms in total. The molecule has 0 aromatic heterocycles. The minimum absolute atomic E-state index is 0. The molecule has 23 heteroatoms. The number of aliphatic hydroxyl groups excluding tert-OH is 2. The summed E-state index contributed by atoms with van der Waals surface area (Å²) in [6, 6.07) is 6.67. The number of rotatable bonds is 20. The van der Waals surface area contributed by atoms with Crippen LogP contribution in [-0.4, -0.2) is 96.8 Å². The summed E-state index contributed by atoms with van der Waals surface area (Å²) < 4.78 is 64.7. The van der Waals surface area contributed by atoms with E-state index in [9.17, 15) is 28.6 Å². The minimum atomic E-state index is -4.18. The number of aliphatic hydroxyl groups is 2. The van der Waals surface area contributed by atoms with Crippen LogP contribution >= 0.6 is 15.6 Å². The van der Waals surface area contributed by atoms with Gasteiger partial charge in [-0.25, -0.2) is 20.5 Å². The number of ether oxygens (including phenoxy) is 3. The van der Waals surface area contributed by atoms with Crippen molar-refractivity contribution in [1.29, 1.82) is 0 Å². The van der Waals surface area contributed by atoms with Crippen molar-refractivity contribution in [2.45, 2.75) is 103 Å². The first-order chi connectivity index (χ1) is 28.5. The first kappa shape index (κ1) is 62.5. The molecule has 4 N–H and O–H groups in total. The topological polar surface area (TPSA) is 266 Å². The number of Topliss-reactive ketones (excluding diaryl/α,β-unsaturated/α-hetero) is 1. The van der Waals surface area contributed by atoms with Gasteiger partial charge in [0.2, 0.25) is 0 Å². The van der Waals surface area contributed by atoms with Crippen LogP contribution in [-0.2, 0) is 67.2 Å². The Morgan fingerprint density at radius 2 is 1.48 bits per heavy atom. The third-order valence-corrected chi connectivity index (χ3v) is 10.8. The van der Waals surface area contributed by atoms with Gasteiger partial charge in [-0.1, -0.05) is 64.0 Å². The predicted molar refractivity (Wildman–Crippen MR) is 213 cm³/mol. The number of nitrogens with one attached hydrogen (secondary N) is 1. The van der Waals surface area contributed by atoms with E-state index < -0.39 is 52.8 Å². The molecule has 0 saturated carbocycles. The number of allylic oxidation sites excluding steroid dienone is 5. The zero-order chi connectivity index (χ0) is 45.1. The zero-order valence-electron chi connectivity index (χ0n) is 35.4. The third kappa shape index (κ3) is 26.4. The van der Waals surface area contributed by atoms with Gasteiger partial charge in [-0.3, -0.25) is 22.9 Å². The molecule has 1 amide bonds. The molecule has 0 spiro atoms. The van der Waals surface area contributed by atoms with Gasteiger partial charge in [0.25, 0.3) is 0 Å². The van der Waals surface area contributed by atoms with Gasteiger partial charge in [-0.05, 0) is 67.7 Å². The van der Waals surface area contributed by atoms with Crippen molar-refractivity contribution in [1.82, 2.24) is 5.32 Å². The summed E-state index contributed by atoms with van der Waals surface area (Å²) in [6.07, 6.45) is 8.63. The maximum Gasteiger partial charge on any atom is 0.530 e. The van der Waals surface area contributed by atoms with E-state index in [2.05, 4.69) is 20.9 Å². The van der Waals surface area contributed by atoms with E-state index >= 15 is 0 Å². The van der Waals surface area contributed by atoms with Crippen molar-refractivity contribution in [2.24, 2.45) is 5.92 Å². The van der Waals surface area contributed by atoms with E-state index in [0.29, 0.717) is 25.1 Å². The van der Waals surface area contributed by atoms with E-state index in [1.54, 1.807) is 49.9 Å². The third-order valence-electron chi connectivity index (χ3n) is 8.40. The number of hydrogen-bond acceptors (Lipinski definition) is 17. The fourth-order valence-electron chi connectivity index (χ4n) is 5.18. The molecule has 3 aliphatic rings. The Kier molecular flexibility index (Phi) is 35.0. The van der Waals surface area contributed by atoms with Gasteiger partial charge in [0.05, 0.1) is 24.9 Å². The van der Waals surface area contributed by atoms with Gasteiger partial charge in [-0.15, -0.1) is 5.92 Å². The van der Waals surface area contributed by atoms with Crippen molar-refractivity contribution < 1.29 is 147 Å². The van der Waals surface area contributed by atoms with Crippen molar-refractivity contribution >= 4 is 39.5 Å². The number of phosphoric ester groups is 2. The van der Waals surface area contributed by atoms with Crippen LogP contribution in [0.15, 0.2) is 60.7 Å². The standard InChI is InChI=1S/C25H39NO8P.C7H6O.C6H12O7P.CO2.2U/c1-5-23-24(19(2)17-31-23)34-35(29,30-4)33-22-14-12-21(13-15-22)18-32-25(28)26-16-10-8-6-7-9-11-20(3)27;1-6-2-4-7(8)5-3-6;1-11-14(9,10)13-6-4(8)3-12-5(6)2-7;2-1-3;;/h12-15,17,19,23-24H,5-11,16,18H2,1-4H3,(H,26,28);2-5H,1H2;3-8H,2H2,1H3,(H,9,10);;;/q-1;;-1;;;/t19?,23-,24?,35?;;4?,5-,6?;;;/m1.1.../s1. The Bertz CT molecular complexity index is 1640. The van der Waals surface area contributed by atoms with Crippen molar-refractivity contribution in [3.05, 3.63) is 79.5 Å². The molecule has 2 saturated heterocycles. The van der Waals surface area contributed by atoms with Crippen LogP contribution in [0.4, 0.5) is 4.79 Å². The Morgan fingerprint density at radius 3 is 2.02 bits per heavy atom. The second-order valence-electron chi connectivity index (χ2n) is 13.2.